The molecular formula is C26H27BrN2O2. The Morgan fingerprint density at radius 2 is 1.74 bits per heavy atom. The third kappa shape index (κ3) is 4.29. The summed E-state index contributed by atoms with van der Waals surface area (Å²) in [5, 5.41) is 3.09. The largest absolute Gasteiger partial charge is 0.325 e. The van der Waals surface area contributed by atoms with E-state index in [1.165, 1.54) is 0 Å². The molecule has 5 heteroatoms. The molecule has 1 amide bonds. The van der Waals surface area contributed by atoms with Crippen molar-refractivity contribution >= 4 is 39.0 Å². The molecule has 1 aliphatic heterocycles. The van der Waals surface area contributed by atoms with Gasteiger partial charge in [0.15, 0.2) is 5.78 Å². The average molecular weight is 479 g/mol. The maximum Gasteiger partial charge on any atom is 0.234 e. The monoisotopic (exact) mass is 478 g/mol. The second kappa shape index (κ2) is 8.19. The Morgan fingerprint density at radius 3 is 2.42 bits per heavy atom. The van der Waals surface area contributed by atoms with Gasteiger partial charge >= 0.3 is 0 Å². The van der Waals surface area contributed by atoms with Crippen molar-refractivity contribution in [2.45, 2.75) is 46.5 Å². The third-order valence-electron chi connectivity index (χ3n) is 6.22. The zero-order valence-corrected chi connectivity index (χ0v) is 19.9. The van der Waals surface area contributed by atoms with Gasteiger partial charge < -0.3 is 5.32 Å². The number of nitrogens with one attached hydrogen (secondary N) is 1. The van der Waals surface area contributed by atoms with Crippen LogP contribution in [-0.2, 0) is 9.59 Å². The van der Waals surface area contributed by atoms with Crippen LogP contribution in [0.2, 0.25) is 0 Å². The Hall–Kier alpha value is -2.53. The molecule has 2 atom stereocenters. The van der Waals surface area contributed by atoms with Gasteiger partial charge in [-0.3, -0.25) is 14.6 Å². The Bertz CT molecular complexity index is 1110. The van der Waals surface area contributed by atoms with Crippen LogP contribution in [0.1, 0.15) is 50.7 Å². The molecular weight excluding hydrogens is 452 g/mol. The summed E-state index contributed by atoms with van der Waals surface area (Å²) in [5.74, 6) is -0.908. The molecule has 0 bridgehead atoms. The van der Waals surface area contributed by atoms with Crippen LogP contribution in [-0.4, -0.2) is 17.4 Å². The molecule has 1 unspecified atom stereocenters. The lowest BCUT2D eigenvalue weighted by atomic mass is 9.66. The van der Waals surface area contributed by atoms with Gasteiger partial charge in [-0.2, -0.15) is 0 Å². The highest BCUT2D eigenvalue weighted by atomic mass is 79.9. The normalized spacial score (nSPS) is 22.6. The number of carbonyl (C=O) groups is 2. The number of halogens is 1. The first-order chi connectivity index (χ1) is 14.7. The van der Waals surface area contributed by atoms with Gasteiger partial charge in [0.1, 0.15) is 0 Å². The number of Topliss-reactive ketones (excluding diaryl/α,β-unsaturated/α-hetero) is 1. The number of hydrogen-bond donors (Lipinski definition) is 1. The summed E-state index contributed by atoms with van der Waals surface area (Å²) in [6.45, 7) is 8.08. The number of ketones is 1. The average Bonchev–Trinajstić information content (AvgIpc) is 2.68. The van der Waals surface area contributed by atoms with Crippen LogP contribution in [0, 0.1) is 18.3 Å². The number of hydrogen-bond acceptors (Lipinski definition) is 3. The topological polar surface area (TPSA) is 58.5 Å². The lowest BCUT2D eigenvalue weighted by Gasteiger charge is -2.39. The lowest BCUT2D eigenvalue weighted by molar-refractivity contribution is -0.119. The minimum atomic E-state index is -0.537. The number of benzene rings is 2. The molecule has 0 saturated carbocycles. The molecule has 0 spiro atoms. The van der Waals surface area contributed by atoms with Crippen LogP contribution in [0.4, 0.5) is 5.69 Å². The van der Waals surface area contributed by atoms with Crippen molar-refractivity contribution in [2.75, 3.05) is 5.32 Å². The Kier molecular flexibility index (Phi) is 5.73. The number of carbonyl (C=O) groups excluding carboxylic acids is 2. The van der Waals surface area contributed by atoms with E-state index in [2.05, 4.69) is 35.1 Å². The second-order valence-corrected chi connectivity index (χ2v) is 10.3. The number of aliphatic imine (C=N–C) groups is 1. The molecule has 0 aromatic heterocycles. The fourth-order valence-corrected chi connectivity index (χ4v) is 5.00. The van der Waals surface area contributed by atoms with Gasteiger partial charge in [-0.05, 0) is 55.0 Å². The first-order valence-electron chi connectivity index (χ1n) is 10.6. The van der Waals surface area contributed by atoms with E-state index in [4.69, 9.17) is 4.99 Å². The fraction of sp³-hybridized carbons (Fsp3) is 0.346. The summed E-state index contributed by atoms with van der Waals surface area (Å²) in [7, 11) is 0. The highest BCUT2D eigenvalue weighted by molar-refractivity contribution is 9.10. The number of amides is 1. The second-order valence-electron chi connectivity index (χ2n) is 9.37. The fourth-order valence-electron chi connectivity index (χ4n) is 4.74. The first-order valence-corrected chi connectivity index (χ1v) is 11.4. The smallest absolute Gasteiger partial charge is 0.234 e. The van der Waals surface area contributed by atoms with Crippen molar-refractivity contribution in [3.63, 3.8) is 0 Å². The van der Waals surface area contributed by atoms with Gasteiger partial charge in [-0.25, -0.2) is 0 Å². The van der Waals surface area contributed by atoms with E-state index in [1.807, 2.05) is 62.4 Å². The van der Waals surface area contributed by atoms with Crippen LogP contribution in [0.5, 0.6) is 0 Å². The first kappa shape index (κ1) is 21.7. The standard InChI is InChI=1S/C26H27BrN2O2/c1-15-7-5-6-8-19(15)29-25(31)22-16(2)28-20-13-26(3,4)14-21(30)24(20)23(22)17-9-11-18(27)12-10-17/h5-12,22-23H,13-14H2,1-4H3,(H,29,31)/t22?,23-/m1/s1. The highest BCUT2D eigenvalue weighted by Crippen LogP contribution is 2.48. The molecule has 0 saturated heterocycles. The van der Waals surface area contributed by atoms with Crippen molar-refractivity contribution in [2.24, 2.45) is 16.3 Å². The van der Waals surface area contributed by atoms with Crippen LogP contribution in [0.25, 0.3) is 0 Å². The van der Waals surface area contributed by atoms with Crippen LogP contribution < -0.4 is 5.32 Å². The van der Waals surface area contributed by atoms with E-state index in [1.54, 1.807) is 0 Å². The summed E-state index contributed by atoms with van der Waals surface area (Å²) in [6.07, 6.45) is 1.21. The zero-order valence-electron chi connectivity index (χ0n) is 18.3. The van der Waals surface area contributed by atoms with Gasteiger partial charge in [-0.1, -0.05) is 60.1 Å². The van der Waals surface area contributed by atoms with Crippen molar-refractivity contribution in [3.8, 4) is 0 Å². The molecule has 2 aromatic carbocycles. The zero-order chi connectivity index (χ0) is 22.3. The van der Waals surface area contributed by atoms with Gasteiger partial charge in [-0.15, -0.1) is 0 Å². The molecule has 2 aliphatic rings. The van der Waals surface area contributed by atoms with Gasteiger partial charge in [0, 0.05) is 39.5 Å². The molecule has 0 fully saturated rings. The summed E-state index contributed by atoms with van der Waals surface area (Å²) in [6, 6.07) is 15.6. The Labute approximate surface area is 192 Å². The molecule has 160 valence electrons. The van der Waals surface area contributed by atoms with E-state index >= 15 is 0 Å². The van der Waals surface area contributed by atoms with Gasteiger partial charge in [0.25, 0.3) is 0 Å². The van der Waals surface area contributed by atoms with Crippen molar-refractivity contribution in [1.29, 1.82) is 0 Å². The number of para-hydroxylation sites is 1. The van der Waals surface area contributed by atoms with Crippen LogP contribution in [0.3, 0.4) is 0 Å². The van der Waals surface area contributed by atoms with Crippen LogP contribution >= 0.6 is 15.9 Å². The molecule has 0 radical (unpaired) electrons. The summed E-state index contributed by atoms with van der Waals surface area (Å²) < 4.78 is 0.962. The quantitative estimate of drug-likeness (QED) is 0.569. The number of allylic oxidation sites excluding steroid dienone is 2. The maximum absolute atomic E-state index is 13.6. The minimum absolute atomic E-state index is 0.101. The van der Waals surface area contributed by atoms with E-state index < -0.39 is 5.92 Å². The molecule has 1 heterocycles. The predicted molar refractivity (Wildman–Crippen MR) is 128 cm³/mol. The van der Waals surface area contributed by atoms with E-state index in [0.29, 0.717) is 12.0 Å². The summed E-state index contributed by atoms with van der Waals surface area (Å²) >= 11 is 3.49. The Morgan fingerprint density at radius 1 is 1.06 bits per heavy atom. The van der Waals surface area contributed by atoms with Crippen LogP contribution in [0.15, 0.2) is 69.3 Å². The van der Waals surface area contributed by atoms with Gasteiger partial charge in [0.2, 0.25) is 5.91 Å². The number of anilines is 1. The van der Waals surface area contributed by atoms with Crippen molar-refractivity contribution < 1.29 is 9.59 Å². The molecule has 31 heavy (non-hydrogen) atoms. The molecule has 1 N–H and O–H groups in total. The Balaban J connectivity index is 1.80. The number of aryl methyl sites for hydroxylation is 1. The van der Waals surface area contributed by atoms with E-state index in [9.17, 15) is 9.59 Å². The van der Waals surface area contributed by atoms with E-state index in [-0.39, 0.29) is 23.0 Å². The molecule has 4 rings (SSSR count). The third-order valence-corrected chi connectivity index (χ3v) is 6.75. The number of rotatable bonds is 3. The van der Waals surface area contributed by atoms with Crippen molar-refractivity contribution in [1.82, 2.24) is 0 Å². The maximum atomic E-state index is 13.6. The highest BCUT2D eigenvalue weighted by Gasteiger charge is 2.45. The van der Waals surface area contributed by atoms with Crippen molar-refractivity contribution in [3.05, 3.63) is 75.4 Å². The van der Waals surface area contributed by atoms with E-state index in [0.717, 1.165) is 39.1 Å². The molecule has 4 nitrogen and oxygen atoms in total. The predicted octanol–water partition coefficient (Wildman–Crippen LogP) is 6.21. The molecule has 2 aromatic rings. The SMILES string of the molecule is CC1=NC2=C(C(=O)CC(C)(C)C2)[C@H](c2ccc(Br)cc2)C1C(=O)Nc1ccccc1C. The molecule has 1 aliphatic carbocycles. The number of nitrogens with zero attached hydrogens (tertiary/aromatic N) is 1. The van der Waals surface area contributed by atoms with Gasteiger partial charge in [0.05, 0.1) is 5.92 Å². The lowest BCUT2D eigenvalue weighted by Crippen LogP contribution is -2.41. The summed E-state index contributed by atoms with van der Waals surface area (Å²) in [5.41, 5.74) is 4.91. The minimum Gasteiger partial charge on any atom is -0.325 e. The summed E-state index contributed by atoms with van der Waals surface area (Å²) in [4.78, 5) is 31.7.